The van der Waals surface area contributed by atoms with E-state index in [1.54, 1.807) is 13.3 Å². The molecule has 0 aliphatic carbocycles. The molecule has 1 spiro atoms. The number of nitrogens with zero attached hydrogens (tertiary/aromatic N) is 4. The normalized spacial score (nSPS) is 24.0. The lowest BCUT2D eigenvalue weighted by atomic mass is 9.73. The van der Waals surface area contributed by atoms with Crippen molar-refractivity contribution in [2.75, 3.05) is 57.2 Å². The van der Waals surface area contributed by atoms with Crippen molar-refractivity contribution in [3.8, 4) is 0 Å². The van der Waals surface area contributed by atoms with Crippen LogP contribution in [0.4, 0.5) is 11.8 Å². The zero-order valence-corrected chi connectivity index (χ0v) is 15.3. The molecular weight excluding hydrogens is 318 g/mol. The molecule has 0 bridgehead atoms. The van der Waals surface area contributed by atoms with E-state index in [0.717, 1.165) is 57.2 Å². The summed E-state index contributed by atoms with van der Waals surface area (Å²) < 4.78 is 5.13. The Morgan fingerprint density at radius 3 is 3.04 bits per heavy atom. The van der Waals surface area contributed by atoms with Crippen LogP contribution in [0.2, 0.25) is 0 Å². The zero-order valence-electron chi connectivity index (χ0n) is 15.3. The standard InChI is InChI=1S/C18H29N5O2/c1-19-15-6-9-20-17(21-15)23-10-3-7-18(14-23)8-5-16(24)22(13-18)11-4-12-25-2/h6,9H,3-5,7-8,10-14H2,1-2H3,(H,19,20,21)/t18-/m0/s1. The summed E-state index contributed by atoms with van der Waals surface area (Å²) in [6, 6.07) is 1.88. The molecule has 0 saturated carbocycles. The third kappa shape index (κ3) is 4.21. The van der Waals surface area contributed by atoms with Gasteiger partial charge in [0.15, 0.2) is 0 Å². The Labute approximate surface area is 149 Å². The summed E-state index contributed by atoms with van der Waals surface area (Å²) in [7, 11) is 3.58. The maximum Gasteiger partial charge on any atom is 0.227 e. The fourth-order valence-electron chi connectivity index (χ4n) is 4.06. The number of carbonyl (C=O) groups is 1. The molecule has 138 valence electrons. The van der Waals surface area contributed by atoms with E-state index in [1.165, 1.54) is 6.42 Å². The Bertz CT molecular complexity index is 597. The predicted octanol–water partition coefficient (Wildman–Crippen LogP) is 1.76. The molecular formula is C18H29N5O2. The number of likely N-dealkylation sites (tertiary alicyclic amines) is 1. The van der Waals surface area contributed by atoms with Gasteiger partial charge in [-0.15, -0.1) is 0 Å². The van der Waals surface area contributed by atoms with Crippen molar-refractivity contribution in [2.24, 2.45) is 5.41 Å². The van der Waals surface area contributed by atoms with E-state index in [0.29, 0.717) is 13.0 Å². The summed E-state index contributed by atoms with van der Waals surface area (Å²) >= 11 is 0. The SMILES string of the molecule is CNc1ccnc(N2CCC[C@@]3(CCC(=O)N(CCCOC)C3)C2)n1. The maximum absolute atomic E-state index is 12.3. The smallest absolute Gasteiger partial charge is 0.227 e. The van der Waals surface area contributed by atoms with Crippen molar-refractivity contribution >= 4 is 17.7 Å². The molecule has 2 aliphatic rings. The molecule has 1 aromatic rings. The first-order valence-corrected chi connectivity index (χ1v) is 9.18. The summed E-state index contributed by atoms with van der Waals surface area (Å²) in [4.78, 5) is 25.7. The van der Waals surface area contributed by atoms with Crippen molar-refractivity contribution in [2.45, 2.75) is 32.1 Å². The lowest BCUT2D eigenvalue weighted by Gasteiger charge is -2.48. The maximum atomic E-state index is 12.3. The Morgan fingerprint density at radius 2 is 2.24 bits per heavy atom. The largest absolute Gasteiger partial charge is 0.385 e. The number of carbonyl (C=O) groups excluding carboxylic acids is 1. The van der Waals surface area contributed by atoms with Crippen LogP contribution in [-0.4, -0.2) is 67.7 Å². The molecule has 7 heteroatoms. The fraction of sp³-hybridized carbons (Fsp3) is 0.722. The Hall–Kier alpha value is -1.89. The van der Waals surface area contributed by atoms with E-state index in [1.807, 2.05) is 18.0 Å². The molecule has 3 heterocycles. The van der Waals surface area contributed by atoms with Crippen molar-refractivity contribution in [1.82, 2.24) is 14.9 Å². The summed E-state index contributed by atoms with van der Waals surface area (Å²) in [5.41, 5.74) is 0.165. The molecule has 0 aromatic carbocycles. The lowest BCUT2D eigenvalue weighted by Crippen LogP contribution is -2.54. The second-order valence-electron chi connectivity index (χ2n) is 7.18. The first-order chi connectivity index (χ1) is 12.2. The Morgan fingerprint density at radius 1 is 1.36 bits per heavy atom. The number of ether oxygens (including phenoxy) is 1. The van der Waals surface area contributed by atoms with Crippen LogP contribution in [0.3, 0.4) is 0 Å². The van der Waals surface area contributed by atoms with E-state index in [2.05, 4.69) is 20.2 Å². The highest BCUT2D eigenvalue weighted by Crippen LogP contribution is 2.39. The van der Waals surface area contributed by atoms with Gasteiger partial charge in [0.2, 0.25) is 11.9 Å². The average molecular weight is 347 g/mol. The van der Waals surface area contributed by atoms with Crippen LogP contribution in [0.5, 0.6) is 0 Å². The minimum atomic E-state index is 0.165. The van der Waals surface area contributed by atoms with Gasteiger partial charge in [-0.05, 0) is 31.7 Å². The van der Waals surface area contributed by atoms with Crippen molar-refractivity contribution in [3.05, 3.63) is 12.3 Å². The number of piperidine rings is 2. The minimum Gasteiger partial charge on any atom is -0.385 e. The minimum absolute atomic E-state index is 0.165. The van der Waals surface area contributed by atoms with Gasteiger partial charge in [0.1, 0.15) is 5.82 Å². The van der Waals surface area contributed by atoms with Gasteiger partial charge in [0, 0.05) is 65.0 Å². The molecule has 7 nitrogen and oxygen atoms in total. The predicted molar refractivity (Wildman–Crippen MR) is 97.8 cm³/mol. The molecule has 0 unspecified atom stereocenters. The van der Waals surface area contributed by atoms with Crippen LogP contribution in [0.1, 0.15) is 32.1 Å². The molecule has 1 N–H and O–H groups in total. The van der Waals surface area contributed by atoms with Crippen molar-refractivity contribution < 1.29 is 9.53 Å². The Balaban J connectivity index is 1.69. The molecule has 3 rings (SSSR count). The second kappa shape index (κ2) is 7.99. The van der Waals surface area contributed by atoms with E-state index in [9.17, 15) is 4.79 Å². The first-order valence-electron chi connectivity index (χ1n) is 9.18. The highest BCUT2D eigenvalue weighted by molar-refractivity contribution is 5.77. The van der Waals surface area contributed by atoms with E-state index >= 15 is 0 Å². The molecule has 25 heavy (non-hydrogen) atoms. The van der Waals surface area contributed by atoms with Gasteiger partial charge >= 0.3 is 0 Å². The molecule has 2 fully saturated rings. The topological polar surface area (TPSA) is 70.6 Å². The molecule has 1 amide bonds. The van der Waals surface area contributed by atoms with E-state index in [-0.39, 0.29) is 11.3 Å². The fourth-order valence-corrected chi connectivity index (χ4v) is 4.06. The Kier molecular flexibility index (Phi) is 5.73. The highest BCUT2D eigenvalue weighted by Gasteiger charge is 2.42. The quantitative estimate of drug-likeness (QED) is 0.791. The zero-order chi connectivity index (χ0) is 17.7. The summed E-state index contributed by atoms with van der Waals surface area (Å²) in [6.45, 7) is 4.24. The van der Waals surface area contributed by atoms with E-state index < -0.39 is 0 Å². The summed E-state index contributed by atoms with van der Waals surface area (Å²) in [5, 5.41) is 3.08. The van der Waals surface area contributed by atoms with Crippen LogP contribution < -0.4 is 10.2 Å². The van der Waals surface area contributed by atoms with Crippen LogP contribution in [-0.2, 0) is 9.53 Å². The number of amides is 1. The number of hydrogen-bond acceptors (Lipinski definition) is 6. The number of hydrogen-bond donors (Lipinski definition) is 1. The van der Waals surface area contributed by atoms with Crippen LogP contribution in [0.15, 0.2) is 12.3 Å². The van der Waals surface area contributed by atoms with Crippen molar-refractivity contribution in [3.63, 3.8) is 0 Å². The number of anilines is 2. The third-order valence-electron chi connectivity index (χ3n) is 5.37. The number of methoxy groups -OCH3 is 1. The van der Waals surface area contributed by atoms with Crippen molar-refractivity contribution in [1.29, 1.82) is 0 Å². The highest BCUT2D eigenvalue weighted by atomic mass is 16.5. The van der Waals surface area contributed by atoms with Gasteiger partial charge in [0.05, 0.1) is 0 Å². The monoisotopic (exact) mass is 347 g/mol. The van der Waals surface area contributed by atoms with Crippen LogP contribution in [0, 0.1) is 5.41 Å². The molecule has 0 radical (unpaired) electrons. The average Bonchev–Trinajstić information content (AvgIpc) is 2.65. The second-order valence-corrected chi connectivity index (χ2v) is 7.18. The molecule has 2 saturated heterocycles. The van der Waals surface area contributed by atoms with Gasteiger partial charge in [-0.25, -0.2) is 4.98 Å². The molecule has 1 atom stereocenters. The number of rotatable bonds is 6. The summed E-state index contributed by atoms with van der Waals surface area (Å²) in [5.74, 6) is 1.91. The van der Waals surface area contributed by atoms with Gasteiger partial charge < -0.3 is 19.9 Å². The van der Waals surface area contributed by atoms with Crippen LogP contribution in [0.25, 0.3) is 0 Å². The summed E-state index contributed by atoms with van der Waals surface area (Å²) in [6.07, 6.45) is 6.61. The van der Waals surface area contributed by atoms with Gasteiger partial charge in [-0.3, -0.25) is 4.79 Å². The van der Waals surface area contributed by atoms with E-state index in [4.69, 9.17) is 4.74 Å². The third-order valence-corrected chi connectivity index (χ3v) is 5.37. The van der Waals surface area contributed by atoms with Gasteiger partial charge in [0.25, 0.3) is 0 Å². The van der Waals surface area contributed by atoms with Gasteiger partial charge in [-0.2, -0.15) is 4.98 Å². The molecule has 2 aliphatic heterocycles. The van der Waals surface area contributed by atoms with Crippen LogP contribution >= 0.6 is 0 Å². The lowest BCUT2D eigenvalue weighted by molar-refractivity contribution is -0.138. The number of aromatic nitrogens is 2. The molecule has 1 aromatic heterocycles. The van der Waals surface area contributed by atoms with Gasteiger partial charge in [-0.1, -0.05) is 0 Å². The first kappa shape index (κ1) is 17.9. The number of nitrogens with one attached hydrogen (secondary N) is 1.